The fraction of sp³-hybridized carbons (Fsp3) is 0.500. The Hall–Kier alpha value is -1.26. The maximum Gasteiger partial charge on any atom is 0.128 e. The molecule has 1 aromatic rings. The van der Waals surface area contributed by atoms with Gasteiger partial charge in [-0.05, 0) is 37.6 Å². The van der Waals surface area contributed by atoms with Crippen molar-refractivity contribution < 1.29 is 14.6 Å². The highest BCUT2D eigenvalue weighted by Crippen LogP contribution is 2.36. The topological polar surface area (TPSA) is 64.7 Å². The van der Waals surface area contributed by atoms with Crippen LogP contribution >= 0.6 is 0 Å². The van der Waals surface area contributed by atoms with E-state index in [2.05, 4.69) is 0 Å². The van der Waals surface area contributed by atoms with Gasteiger partial charge in [-0.25, -0.2) is 0 Å². The average Bonchev–Trinajstić information content (AvgIpc) is 2.27. The first kappa shape index (κ1) is 12.8. The maximum atomic E-state index is 10.00. The molecule has 0 amide bonds. The Balaban J connectivity index is 3.21. The van der Waals surface area contributed by atoms with E-state index in [-0.39, 0.29) is 0 Å². The first-order valence-electron chi connectivity index (χ1n) is 5.24. The summed E-state index contributed by atoms with van der Waals surface area (Å²) in [6.07, 6.45) is -0.175. The number of methoxy groups -OCH3 is 2. The van der Waals surface area contributed by atoms with E-state index in [1.165, 1.54) is 0 Å². The Kier molecular flexibility index (Phi) is 4.58. The van der Waals surface area contributed by atoms with Crippen molar-refractivity contribution in [1.29, 1.82) is 0 Å². The molecule has 90 valence electrons. The second kappa shape index (κ2) is 5.72. The molecular weight excluding hydrogens is 206 g/mol. The molecule has 0 bridgehead atoms. The second-order valence-electron chi connectivity index (χ2n) is 3.68. The Labute approximate surface area is 96.0 Å². The molecule has 0 aromatic heterocycles. The molecule has 4 heteroatoms. The minimum Gasteiger partial charge on any atom is -0.496 e. The summed E-state index contributed by atoms with van der Waals surface area (Å²) in [4.78, 5) is 0. The van der Waals surface area contributed by atoms with E-state index in [1.807, 2.05) is 19.1 Å². The first-order chi connectivity index (χ1) is 7.63. The Morgan fingerprint density at radius 2 is 1.75 bits per heavy atom. The molecule has 0 aliphatic rings. The molecule has 1 rings (SSSR count). The quantitative estimate of drug-likeness (QED) is 0.795. The molecule has 0 aliphatic heterocycles. The van der Waals surface area contributed by atoms with Gasteiger partial charge in [0.15, 0.2) is 0 Å². The Bertz CT molecular complexity index is 327. The standard InChI is InChI=1S/C12H19NO3/c1-8-6-10(15-2)12(9(14)4-5-13)11(7-8)16-3/h6-7,9,14H,4-5,13H2,1-3H3/t9-/m0/s1. The average molecular weight is 225 g/mol. The first-order valence-corrected chi connectivity index (χ1v) is 5.24. The monoisotopic (exact) mass is 225 g/mol. The smallest absolute Gasteiger partial charge is 0.128 e. The van der Waals surface area contributed by atoms with Gasteiger partial charge < -0.3 is 20.3 Å². The van der Waals surface area contributed by atoms with Gasteiger partial charge in [0.1, 0.15) is 11.5 Å². The van der Waals surface area contributed by atoms with Crippen LogP contribution in [0.5, 0.6) is 11.5 Å². The SMILES string of the molecule is COc1cc(C)cc(OC)c1[C@@H](O)CCN. The summed E-state index contributed by atoms with van der Waals surface area (Å²) >= 11 is 0. The van der Waals surface area contributed by atoms with E-state index in [0.717, 1.165) is 5.56 Å². The molecule has 3 N–H and O–H groups in total. The van der Waals surface area contributed by atoms with Crippen LogP contribution in [0, 0.1) is 6.92 Å². The molecule has 16 heavy (non-hydrogen) atoms. The van der Waals surface area contributed by atoms with Gasteiger partial charge in [0.2, 0.25) is 0 Å². The van der Waals surface area contributed by atoms with Crippen LogP contribution < -0.4 is 15.2 Å². The predicted molar refractivity (Wildman–Crippen MR) is 62.9 cm³/mol. The number of benzene rings is 1. The highest BCUT2D eigenvalue weighted by molar-refractivity contribution is 5.49. The minimum atomic E-state index is -0.657. The summed E-state index contributed by atoms with van der Waals surface area (Å²) in [5.74, 6) is 1.27. The molecule has 0 saturated heterocycles. The van der Waals surface area contributed by atoms with Gasteiger partial charge in [-0.3, -0.25) is 0 Å². The second-order valence-corrected chi connectivity index (χ2v) is 3.68. The largest absolute Gasteiger partial charge is 0.496 e. The third-order valence-electron chi connectivity index (χ3n) is 2.46. The van der Waals surface area contributed by atoms with Crippen LogP contribution in [0.25, 0.3) is 0 Å². The van der Waals surface area contributed by atoms with Crippen LogP contribution in [0.4, 0.5) is 0 Å². The van der Waals surface area contributed by atoms with Crippen molar-refractivity contribution in [2.24, 2.45) is 5.73 Å². The highest BCUT2D eigenvalue weighted by atomic mass is 16.5. The van der Waals surface area contributed by atoms with E-state index in [4.69, 9.17) is 15.2 Å². The number of rotatable bonds is 5. The van der Waals surface area contributed by atoms with Gasteiger partial charge >= 0.3 is 0 Å². The van der Waals surface area contributed by atoms with Gasteiger partial charge in [0.25, 0.3) is 0 Å². The fourth-order valence-corrected chi connectivity index (χ4v) is 1.70. The Morgan fingerprint density at radius 3 is 2.12 bits per heavy atom. The van der Waals surface area contributed by atoms with Crippen molar-refractivity contribution in [3.63, 3.8) is 0 Å². The maximum absolute atomic E-state index is 10.00. The zero-order valence-corrected chi connectivity index (χ0v) is 9.99. The van der Waals surface area contributed by atoms with E-state index in [0.29, 0.717) is 30.0 Å². The summed E-state index contributed by atoms with van der Waals surface area (Å²) in [5.41, 5.74) is 7.13. The lowest BCUT2D eigenvalue weighted by molar-refractivity contribution is 0.161. The summed E-state index contributed by atoms with van der Waals surface area (Å²) in [7, 11) is 3.15. The van der Waals surface area contributed by atoms with Crippen LogP contribution in [0.15, 0.2) is 12.1 Å². The molecule has 1 atom stereocenters. The van der Waals surface area contributed by atoms with Crippen molar-refractivity contribution in [3.8, 4) is 11.5 Å². The zero-order chi connectivity index (χ0) is 12.1. The Morgan fingerprint density at radius 1 is 1.25 bits per heavy atom. The van der Waals surface area contributed by atoms with Crippen LogP contribution in [-0.2, 0) is 0 Å². The van der Waals surface area contributed by atoms with Crippen LogP contribution in [0.3, 0.4) is 0 Å². The van der Waals surface area contributed by atoms with Gasteiger partial charge in [-0.15, -0.1) is 0 Å². The van der Waals surface area contributed by atoms with Gasteiger partial charge in [-0.1, -0.05) is 0 Å². The van der Waals surface area contributed by atoms with E-state index >= 15 is 0 Å². The molecule has 0 unspecified atom stereocenters. The summed E-state index contributed by atoms with van der Waals surface area (Å²) < 4.78 is 10.5. The molecular formula is C12H19NO3. The van der Waals surface area contributed by atoms with Crippen molar-refractivity contribution >= 4 is 0 Å². The third kappa shape index (κ3) is 2.65. The summed E-state index contributed by atoms with van der Waals surface area (Å²) in [5, 5.41) is 10.00. The molecule has 4 nitrogen and oxygen atoms in total. The highest BCUT2D eigenvalue weighted by Gasteiger charge is 2.18. The summed E-state index contributed by atoms with van der Waals surface area (Å²) in [6, 6.07) is 3.75. The fourth-order valence-electron chi connectivity index (χ4n) is 1.70. The lowest BCUT2D eigenvalue weighted by atomic mass is 10.0. The summed E-state index contributed by atoms with van der Waals surface area (Å²) in [6.45, 7) is 2.37. The predicted octanol–water partition coefficient (Wildman–Crippen LogP) is 1.39. The molecule has 0 aliphatic carbocycles. The van der Waals surface area contributed by atoms with Gasteiger partial charge in [0, 0.05) is 0 Å². The third-order valence-corrected chi connectivity index (χ3v) is 2.46. The number of nitrogens with two attached hydrogens (primary N) is 1. The molecule has 0 spiro atoms. The number of ether oxygens (including phenoxy) is 2. The van der Waals surface area contributed by atoms with Crippen molar-refractivity contribution in [3.05, 3.63) is 23.3 Å². The van der Waals surface area contributed by atoms with Crippen LogP contribution in [0.2, 0.25) is 0 Å². The van der Waals surface area contributed by atoms with E-state index in [1.54, 1.807) is 14.2 Å². The number of aryl methyl sites for hydroxylation is 1. The lowest BCUT2D eigenvalue weighted by Gasteiger charge is -2.18. The number of hydrogen-bond donors (Lipinski definition) is 2. The van der Waals surface area contributed by atoms with Gasteiger partial charge in [-0.2, -0.15) is 0 Å². The number of aliphatic hydroxyl groups is 1. The molecule has 0 fully saturated rings. The number of hydrogen-bond acceptors (Lipinski definition) is 4. The molecule has 1 aromatic carbocycles. The zero-order valence-electron chi connectivity index (χ0n) is 9.99. The normalized spacial score (nSPS) is 12.3. The van der Waals surface area contributed by atoms with Crippen LogP contribution in [0.1, 0.15) is 23.7 Å². The molecule has 0 radical (unpaired) electrons. The van der Waals surface area contributed by atoms with E-state index in [9.17, 15) is 5.11 Å². The number of aliphatic hydroxyl groups excluding tert-OH is 1. The van der Waals surface area contributed by atoms with Crippen molar-refractivity contribution in [1.82, 2.24) is 0 Å². The van der Waals surface area contributed by atoms with Crippen molar-refractivity contribution in [2.45, 2.75) is 19.4 Å². The van der Waals surface area contributed by atoms with Crippen molar-refractivity contribution in [2.75, 3.05) is 20.8 Å². The minimum absolute atomic E-state index is 0.418. The van der Waals surface area contributed by atoms with E-state index < -0.39 is 6.10 Å². The van der Waals surface area contributed by atoms with Crippen LogP contribution in [-0.4, -0.2) is 25.9 Å². The van der Waals surface area contributed by atoms with Gasteiger partial charge in [0.05, 0.1) is 25.9 Å². The lowest BCUT2D eigenvalue weighted by Crippen LogP contribution is -2.09. The molecule has 0 saturated carbocycles. The molecule has 0 heterocycles.